The summed E-state index contributed by atoms with van der Waals surface area (Å²) >= 11 is 1.14. The minimum Gasteiger partial charge on any atom is -0.463 e. The number of rotatable bonds is 5. The summed E-state index contributed by atoms with van der Waals surface area (Å²) in [5.41, 5.74) is 1.37. The van der Waals surface area contributed by atoms with E-state index in [1.54, 1.807) is 50.3 Å². The number of hydrogen-bond donors (Lipinski definition) is 0. The molecule has 10 nitrogen and oxygen atoms in total. The topological polar surface area (TPSA) is 122 Å². The van der Waals surface area contributed by atoms with Crippen molar-refractivity contribution in [2.24, 2.45) is 4.99 Å². The average molecular weight is 493 g/mol. The van der Waals surface area contributed by atoms with Gasteiger partial charge < -0.3 is 14.2 Å². The van der Waals surface area contributed by atoms with Crippen molar-refractivity contribution in [3.8, 4) is 11.5 Å². The Kier molecular flexibility index (Phi) is 5.69. The van der Waals surface area contributed by atoms with Crippen LogP contribution >= 0.6 is 11.3 Å². The fourth-order valence-electron chi connectivity index (χ4n) is 4.07. The van der Waals surface area contributed by atoms with Crippen LogP contribution in [-0.4, -0.2) is 28.9 Å². The molecule has 2 aliphatic heterocycles. The van der Waals surface area contributed by atoms with Crippen molar-refractivity contribution >= 4 is 29.1 Å². The van der Waals surface area contributed by atoms with Crippen LogP contribution < -0.4 is 24.4 Å². The van der Waals surface area contributed by atoms with E-state index in [0.29, 0.717) is 37.7 Å². The lowest BCUT2D eigenvalue weighted by molar-refractivity contribution is -0.384. The van der Waals surface area contributed by atoms with Crippen LogP contribution in [0.25, 0.3) is 6.08 Å². The van der Waals surface area contributed by atoms with Gasteiger partial charge in [0.15, 0.2) is 16.3 Å². The molecule has 3 heterocycles. The number of benzene rings is 2. The number of nitrogens with zero attached hydrogens (tertiary/aromatic N) is 3. The summed E-state index contributed by atoms with van der Waals surface area (Å²) in [6.45, 7) is 3.66. The average Bonchev–Trinajstić information content (AvgIpc) is 3.42. The van der Waals surface area contributed by atoms with Gasteiger partial charge in [0, 0.05) is 12.1 Å². The van der Waals surface area contributed by atoms with Crippen LogP contribution in [0, 0.1) is 10.1 Å². The first-order valence-corrected chi connectivity index (χ1v) is 11.5. The van der Waals surface area contributed by atoms with Gasteiger partial charge in [0.2, 0.25) is 6.79 Å². The van der Waals surface area contributed by atoms with E-state index in [4.69, 9.17) is 14.2 Å². The maximum absolute atomic E-state index is 13.6. The zero-order valence-corrected chi connectivity index (χ0v) is 19.5. The molecule has 0 spiro atoms. The van der Waals surface area contributed by atoms with Crippen molar-refractivity contribution in [2.45, 2.75) is 19.9 Å². The number of esters is 1. The van der Waals surface area contributed by atoms with E-state index in [1.165, 1.54) is 16.7 Å². The quantitative estimate of drug-likeness (QED) is 0.304. The molecule has 1 atom stereocenters. The van der Waals surface area contributed by atoms with Gasteiger partial charge in [-0.15, -0.1) is 0 Å². The van der Waals surface area contributed by atoms with Crippen LogP contribution in [0.3, 0.4) is 0 Å². The van der Waals surface area contributed by atoms with Gasteiger partial charge in [0.05, 0.1) is 33.4 Å². The lowest BCUT2D eigenvalue weighted by Gasteiger charge is -2.24. The molecule has 0 radical (unpaired) electrons. The van der Waals surface area contributed by atoms with Gasteiger partial charge in [-0.1, -0.05) is 29.5 Å². The molecule has 11 heteroatoms. The van der Waals surface area contributed by atoms with E-state index in [1.807, 2.05) is 0 Å². The highest BCUT2D eigenvalue weighted by Gasteiger charge is 2.34. The Hall–Kier alpha value is -4.25. The Bertz CT molecular complexity index is 1590. The van der Waals surface area contributed by atoms with Crippen molar-refractivity contribution in [1.82, 2.24) is 4.57 Å². The maximum Gasteiger partial charge on any atom is 0.338 e. The van der Waals surface area contributed by atoms with E-state index in [9.17, 15) is 19.7 Å². The first kappa shape index (κ1) is 22.5. The molecule has 178 valence electrons. The van der Waals surface area contributed by atoms with Crippen molar-refractivity contribution in [1.29, 1.82) is 0 Å². The standard InChI is InChI=1S/C24H19N3O7S/c1-3-32-23(29)20-13(2)25-24-26(21(20)15-7-8-17-18(11-15)34-12-33-17)22(28)19(35-24)10-14-5-4-6-16(9-14)27(30)31/h4-11,21H,3,12H2,1-2H3/b19-10-. The Morgan fingerprint density at radius 3 is 2.86 bits per heavy atom. The molecule has 0 N–H and O–H groups in total. The van der Waals surface area contributed by atoms with Gasteiger partial charge in [-0.25, -0.2) is 9.79 Å². The van der Waals surface area contributed by atoms with E-state index in [0.717, 1.165) is 11.3 Å². The monoisotopic (exact) mass is 493 g/mol. The van der Waals surface area contributed by atoms with Crippen LogP contribution in [-0.2, 0) is 9.53 Å². The lowest BCUT2D eigenvalue weighted by atomic mass is 9.95. The van der Waals surface area contributed by atoms with Crippen LogP contribution in [0.2, 0.25) is 0 Å². The predicted molar refractivity (Wildman–Crippen MR) is 126 cm³/mol. The number of nitro benzene ring substituents is 1. The van der Waals surface area contributed by atoms with E-state index in [2.05, 4.69) is 4.99 Å². The molecule has 0 saturated carbocycles. The number of non-ortho nitro benzene ring substituents is 1. The highest BCUT2D eigenvalue weighted by molar-refractivity contribution is 7.07. The summed E-state index contributed by atoms with van der Waals surface area (Å²) in [5, 5.41) is 11.1. The Balaban J connectivity index is 1.71. The number of allylic oxidation sites excluding steroid dienone is 1. The molecular weight excluding hydrogens is 474 g/mol. The highest BCUT2D eigenvalue weighted by atomic mass is 32.1. The number of hydrogen-bond acceptors (Lipinski definition) is 9. The number of fused-ring (bicyclic) bond motifs is 2. The molecule has 2 aromatic carbocycles. The summed E-state index contributed by atoms with van der Waals surface area (Å²) in [6, 6.07) is 10.4. The molecule has 0 aliphatic carbocycles. The smallest absolute Gasteiger partial charge is 0.338 e. The molecule has 0 bridgehead atoms. The zero-order valence-electron chi connectivity index (χ0n) is 18.7. The predicted octanol–water partition coefficient (Wildman–Crippen LogP) is 2.44. The zero-order chi connectivity index (χ0) is 24.7. The van der Waals surface area contributed by atoms with Crippen molar-refractivity contribution in [3.63, 3.8) is 0 Å². The van der Waals surface area contributed by atoms with E-state index in [-0.39, 0.29) is 30.2 Å². The second-order valence-corrected chi connectivity index (χ2v) is 8.78. The second-order valence-electron chi connectivity index (χ2n) is 7.77. The SMILES string of the molecule is CCOC(=O)C1=C(C)N=c2s/c(=C\c3cccc([N+](=O)[O-])c3)c(=O)n2C1c1ccc2c(c1)OCO2. The molecule has 5 rings (SSSR count). The third-order valence-corrected chi connectivity index (χ3v) is 6.59. The molecular formula is C24H19N3O7S. The van der Waals surface area contributed by atoms with E-state index < -0.39 is 16.9 Å². The lowest BCUT2D eigenvalue weighted by Crippen LogP contribution is -2.39. The van der Waals surface area contributed by atoms with Crippen LogP contribution in [0.4, 0.5) is 5.69 Å². The van der Waals surface area contributed by atoms with Crippen molar-refractivity contribution in [2.75, 3.05) is 13.4 Å². The molecule has 3 aromatic rings. The van der Waals surface area contributed by atoms with Crippen molar-refractivity contribution in [3.05, 3.63) is 94.7 Å². The number of aromatic nitrogens is 1. The first-order valence-electron chi connectivity index (χ1n) is 10.7. The van der Waals surface area contributed by atoms with Gasteiger partial charge in [-0.2, -0.15) is 0 Å². The number of carbonyl (C=O) groups excluding carboxylic acids is 1. The van der Waals surface area contributed by atoms with Crippen LogP contribution in [0.1, 0.15) is 31.0 Å². The summed E-state index contributed by atoms with van der Waals surface area (Å²) in [7, 11) is 0. The number of ether oxygens (including phenoxy) is 3. The minimum absolute atomic E-state index is 0.0785. The van der Waals surface area contributed by atoms with E-state index >= 15 is 0 Å². The second kappa shape index (κ2) is 8.84. The van der Waals surface area contributed by atoms with Crippen molar-refractivity contribution < 1.29 is 23.9 Å². The normalized spacial score (nSPS) is 16.6. The Morgan fingerprint density at radius 1 is 1.29 bits per heavy atom. The highest BCUT2D eigenvalue weighted by Crippen LogP contribution is 2.38. The molecule has 0 fully saturated rings. The minimum atomic E-state index is -0.799. The van der Waals surface area contributed by atoms with Crippen LogP contribution in [0.15, 0.2) is 63.5 Å². The number of nitro groups is 1. The van der Waals surface area contributed by atoms with Gasteiger partial charge in [-0.05, 0) is 43.2 Å². The largest absolute Gasteiger partial charge is 0.463 e. The van der Waals surface area contributed by atoms with Crippen LogP contribution in [0.5, 0.6) is 11.5 Å². The summed E-state index contributed by atoms with van der Waals surface area (Å²) in [6.07, 6.45) is 1.58. The first-order chi connectivity index (χ1) is 16.9. The Labute approximate surface area is 202 Å². The number of carbonyl (C=O) groups is 1. The molecule has 0 saturated heterocycles. The molecule has 1 aromatic heterocycles. The number of thiazole rings is 1. The fraction of sp³-hybridized carbons (Fsp3) is 0.208. The summed E-state index contributed by atoms with van der Waals surface area (Å²) in [5.74, 6) is 0.522. The molecule has 1 unspecified atom stereocenters. The fourth-order valence-corrected chi connectivity index (χ4v) is 5.12. The van der Waals surface area contributed by atoms with Gasteiger partial charge in [0.1, 0.15) is 0 Å². The maximum atomic E-state index is 13.6. The Morgan fingerprint density at radius 2 is 2.09 bits per heavy atom. The third-order valence-electron chi connectivity index (χ3n) is 5.61. The van der Waals surface area contributed by atoms with Gasteiger partial charge >= 0.3 is 5.97 Å². The van der Waals surface area contributed by atoms with Gasteiger partial charge in [-0.3, -0.25) is 19.5 Å². The molecule has 0 amide bonds. The summed E-state index contributed by atoms with van der Waals surface area (Å²) in [4.78, 5) is 42.2. The summed E-state index contributed by atoms with van der Waals surface area (Å²) < 4.78 is 18.0. The molecule has 35 heavy (non-hydrogen) atoms. The molecule has 2 aliphatic rings. The van der Waals surface area contributed by atoms with Gasteiger partial charge in [0.25, 0.3) is 11.2 Å². The third kappa shape index (κ3) is 3.99.